The van der Waals surface area contributed by atoms with Gasteiger partial charge in [-0.15, -0.1) is 0 Å². The van der Waals surface area contributed by atoms with Crippen LogP contribution in [0.3, 0.4) is 0 Å². The summed E-state index contributed by atoms with van der Waals surface area (Å²) in [6.45, 7) is 2.19. The van der Waals surface area contributed by atoms with Crippen LogP contribution in [-0.2, 0) is 50.5 Å². The fraction of sp³-hybridized carbons (Fsp3) is 0.268. The van der Waals surface area contributed by atoms with E-state index in [1.54, 1.807) is 37.0 Å². The largest absolute Gasteiger partial charge is 0.467 e. The molecule has 8 rings (SSSR count). The summed E-state index contributed by atoms with van der Waals surface area (Å²) in [7, 11) is 5.34. The smallest absolute Gasteiger partial charge is 0.416 e. The number of rotatable bonds is 32. The molecule has 8 aromatic carbocycles. The number of carbonyl (C=O) groups is 4. The number of carbonyl (C=O) groups excluding carboxylic acids is 4. The lowest BCUT2D eigenvalue weighted by atomic mass is 10.1. The molecule has 8 aromatic rings. The highest BCUT2D eigenvalue weighted by molar-refractivity contribution is 9.10. The molecule has 16 nitrogen and oxygen atoms in total. The van der Waals surface area contributed by atoms with Gasteiger partial charge in [-0.1, -0.05) is 189 Å². The van der Waals surface area contributed by atoms with E-state index in [-0.39, 0.29) is 24.3 Å². The van der Waals surface area contributed by atoms with Gasteiger partial charge >= 0.3 is 36.2 Å². The SMILES string of the molecule is COC(=O)C(CCCN=Cc1ccc(Br)cc1)N=Cc1ccc(Br)cc1.COC(=O)C(CCCN=Cc1ccc(C(F)(F)F)cc1)N=Cc1ccc(C(F)(F)F)cc1.COC(=O)C(CCCN=Cc1ccc(Cl)cc1)N=Cc1ccc(Cl)cc1.COC(=O)C(CCCN=Cc1ccccc1)N=Cc1ccccc1. The molecule has 0 saturated heterocycles. The molecule has 0 bridgehead atoms. The second-order valence-corrected chi connectivity index (χ2v) is 25.9. The number of benzene rings is 8. The third-order valence-electron chi connectivity index (χ3n) is 15.1. The maximum Gasteiger partial charge on any atom is 0.416 e. The van der Waals surface area contributed by atoms with Gasteiger partial charge in [0.2, 0.25) is 0 Å². The van der Waals surface area contributed by atoms with E-state index in [4.69, 9.17) is 42.1 Å². The maximum absolute atomic E-state index is 12.6. The number of esters is 4. The zero-order valence-corrected chi connectivity index (χ0v) is 64.4. The van der Waals surface area contributed by atoms with Gasteiger partial charge in [-0.2, -0.15) is 26.3 Å². The van der Waals surface area contributed by atoms with E-state index in [0.717, 1.165) is 85.9 Å². The van der Waals surface area contributed by atoms with Gasteiger partial charge < -0.3 is 18.9 Å². The molecule has 4 unspecified atom stereocenters. The molecule has 26 heteroatoms. The quantitative estimate of drug-likeness (QED) is 0.0130. The summed E-state index contributed by atoms with van der Waals surface area (Å²) in [5, 5.41) is 1.35. The lowest BCUT2D eigenvalue weighted by Gasteiger charge is -2.09. The van der Waals surface area contributed by atoms with Crippen molar-refractivity contribution in [3.8, 4) is 0 Å². The van der Waals surface area contributed by atoms with Crippen LogP contribution < -0.4 is 0 Å². The molecule has 0 aliphatic rings. The highest BCUT2D eigenvalue weighted by Crippen LogP contribution is 2.30. The molecule has 0 aliphatic carbocycles. The van der Waals surface area contributed by atoms with Gasteiger partial charge in [0.15, 0.2) is 0 Å². The first-order valence-electron chi connectivity index (χ1n) is 33.9. The zero-order chi connectivity index (χ0) is 78.4. The molecule has 0 aliphatic heterocycles. The molecule has 0 aromatic heterocycles. The molecule has 0 fully saturated rings. The number of methoxy groups -OCH3 is 4. The van der Waals surface area contributed by atoms with Crippen LogP contribution in [0.4, 0.5) is 26.3 Å². The Bertz CT molecular complexity index is 4080. The van der Waals surface area contributed by atoms with E-state index < -0.39 is 53.6 Å². The first-order valence-corrected chi connectivity index (χ1v) is 36.2. The van der Waals surface area contributed by atoms with Crippen LogP contribution in [0.15, 0.2) is 255 Å². The van der Waals surface area contributed by atoms with E-state index in [1.807, 2.05) is 158 Å². The first-order chi connectivity index (χ1) is 52.0. The van der Waals surface area contributed by atoms with Crippen molar-refractivity contribution >= 4 is 129 Å². The van der Waals surface area contributed by atoms with Gasteiger partial charge in [-0.05, 0) is 169 Å². The van der Waals surface area contributed by atoms with E-state index in [0.29, 0.717) is 73.0 Å². The Kier molecular flexibility index (Phi) is 41.0. The standard InChI is InChI=1S/C22H20F6N2O2.C20H20Br2N2O2.C20H20Cl2N2O2.C20H22N2O2/c1-32-20(31)19(30-14-16-6-10-18(11-7-16)22(26,27)28)3-2-12-29-13-15-4-8-17(9-5-15)21(23,24)25;2*1-26-20(25)19(24-14-16-6-10-18(22)11-7-16)3-2-12-23-13-15-4-8-17(21)9-5-15;1-24-20(23)19(22-16-18-11-6-3-7-12-18)13-8-14-21-15-17-9-4-2-5-10-17/h4-11,13-14,19H,2-3,12H2,1H3;2*4-11,13-14,19H,2-3,12H2,1H3;2-7,9-12,15-16,19H,8,13-14H2,1H3. The molecule has 4 atom stereocenters. The summed E-state index contributed by atoms with van der Waals surface area (Å²) >= 11 is 18.5. The van der Waals surface area contributed by atoms with E-state index in [9.17, 15) is 45.5 Å². The van der Waals surface area contributed by atoms with Crippen molar-refractivity contribution in [1.29, 1.82) is 0 Å². The third-order valence-corrected chi connectivity index (χ3v) is 16.6. The molecule has 0 saturated carbocycles. The third kappa shape index (κ3) is 36.6. The summed E-state index contributed by atoms with van der Waals surface area (Å²) in [5.41, 5.74) is 5.25. The van der Waals surface area contributed by atoms with Crippen LogP contribution in [0.25, 0.3) is 0 Å². The predicted octanol–water partition coefficient (Wildman–Crippen LogP) is 19.1. The van der Waals surface area contributed by atoms with Crippen LogP contribution in [0, 0.1) is 0 Å². The van der Waals surface area contributed by atoms with Gasteiger partial charge in [-0.3, -0.25) is 39.9 Å². The van der Waals surface area contributed by atoms with Crippen LogP contribution >= 0.6 is 55.1 Å². The topological polar surface area (TPSA) is 204 Å². The summed E-state index contributed by atoms with van der Waals surface area (Å²) in [6.07, 6.45) is 9.18. The van der Waals surface area contributed by atoms with Gasteiger partial charge in [0.1, 0.15) is 24.2 Å². The summed E-state index contributed by atoms with van der Waals surface area (Å²) in [4.78, 5) is 82.1. The average Bonchev–Trinajstić information content (AvgIpc) is 0.862. The Hall–Kier alpha value is -9.88. The number of alkyl halides is 6. The fourth-order valence-electron chi connectivity index (χ4n) is 9.23. The number of halogens is 10. The molecule has 0 N–H and O–H groups in total. The zero-order valence-electron chi connectivity index (χ0n) is 59.7. The van der Waals surface area contributed by atoms with Gasteiger partial charge in [0.05, 0.1) is 39.6 Å². The van der Waals surface area contributed by atoms with Crippen LogP contribution in [0.1, 0.15) is 107 Å². The number of hydrogen-bond donors (Lipinski definition) is 0. The molecular weight excluding hydrogens is 1570 g/mol. The lowest BCUT2D eigenvalue weighted by molar-refractivity contribution is -0.143. The molecule has 0 radical (unpaired) electrons. The van der Waals surface area contributed by atoms with Crippen molar-refractivity contribution in [3.05, 3.63) is 281 Å². The van der Waals surface area contributed by atoms with Gasteiger partial charge in [0, 0.05) is 94.9 Å². The van der Waals surface area contributed by atoms with Crippen molar-refractivity contribution in [2.24, 2.45) is 39.9 Å². The number of ether oxygens (including phenoxy) is 4. The first kappa shape index (κ1) is 88.7. The number of hydrogen-bond acceptors (Lipinski definition) is 16. The van der Waals surface area contributed by atoms with Gasteiger partial charge in [0.25, 0.3) is 0 Å². The Balaban J connectivity index is 0.000000260. The summed E-state index contributed by atoms with van der Waals surface area (Å²) in [6, 6.07) is 56.5. The van der Waals surface area contributed by atoms with Crippen molar-refractivity contribution in [2.45, 2.75) is 87.9 Å². The van der Waals surface area contributed by atoms with Crippen molar-refractivity contribution in [2.75, 3.05) is 54.6 Å². The fourth-order valence-corrected chi connectivity index (χ4v) is 10.0. The summed E-state index contributed by atoms with van der Waals surface area (Å²) < 4.78 is 96.7. The van der Waals surface area contributed by atoms with E-state index in [1.165, 1.54) is 65.1 Å². The predicted molar refractivity (Wildman–Crippen MR) is 427 cm³/mol. The molecule has 0 heterocycles. The van der Waals surface area contributed by atoms with Crippen molar-refractivity contribution < 1.29 is 64.5 Å². The molecule has 108 heavy (non-hydrogen) atoms. The maximum atomic E-state index is 12.6. The minimum Gasteiger partial charge on any atom is -0.467 e. The Labute approximate surface area is 652 Å². The Morgan fingerprint density at radius 1 is 0.324 bits per heavy atom. The monoisotopic (exact) mass is 1650 g/mol. The second kappa shape index (κ2) is 49.9. The Morgan fingerprint density at radius 3 is 0.759 bits per heavy atom. The Morgan fingerprint density at radius 2 is 0.528 bits per heavy atom. The molecule has 0 amide bonds. The van der Waals surface area contributed by atoms with E-state index in [2.05, 4.69) is 71.8 Å². The van der Waals surface area contributed by atoms with Crippen LogP contribution in [-0.4, -0.2) is 152 Å². The van der Waals surface area contributed by atoms with Gasteiger partial charge in [-0.25, -0.2) is 19.2 Å². The molecule has 568 valence electrons. The number of aliphatic imine (C=N–C) groups is 8. The minimum absolute atomic E-state index is 0.272. The van der Waals surface area contributed by atoms with Crippen LogP contribution in [0.2, 0.25) is 10.0 Å². The summed E-state index contributed by atoms with van der Waals surface area (Å²) in [5.74, 6) is -1.58. The number of nitrogens with zero attached hydrogens (tertiary/aromatic N) is 8. The highest BCUT2D eigenvalue weighted by atomic mass is 79.9. The second-order valence-electron chi connectivity index (χ2n) is 23.2. The highest BCUT2D eigenvalue weighted by Gasteiger charge is 2.31. The minimum atomic E-state index is -4.44. The van der Waals surface area contributed by atoms with Crippen molar-refractivity contribution in [3.63, 3.8) is 0 Å². The molecular formula is C82H82Br2Cl2F6N8O8. The normalized spacial score (nSPS) is 12.9. The van der Waals surface area contributed by atoms with E-state index >= 15 is 0 Å². The lowest BCUT2D eigenvalue weighted by Crippen LogP contribution is -2.20. The van der Waals surface area contributed by atoms with Crippen LogP contribution in [0.5, 0.6) is 0 Å². The van der Waals surface area contributed by atoms with Crippen molar-refractivity contribution in [1.82, 2.24) is 0 Å². The molecule has 0 spiro atoms. The average molecular weight is 1650 g/mol.